The Kier molecular flexibility index (Phi) is 2.25. The summed E-state index contributed by atoms with van der Waals surface area (Å²) in [6.45, 7) is 5.38. The normalized spacial score (nSPS) is 36.1. The molecule has 1 saturated heterocycles. The molecule has 2 N–H and O–H groups in total. The molecule has 0 aromatic heterocycles. The molecule has 0 aromatic carbocycles. The highest BCUT2D eigenvalue weighted by atomic mass is 16.3. The number of piperidine rings is 1. The SMILES string of the molecule is C=C[C@@H]1CNC[C@H](O)C1. The molecule has 0 aliphatic carbocycles. The van der Waals surface area contributed by atoms with Gasteiger partial charge in [-0.3, -0.25) is 0 Å². The highest BCUT2D eigenvalue weighted by Crippen LogP contribution is 2.10. The van der Waals surface area contributed by atoms with Gasteiger partial charge in [-0.25, -0.2) is 0 Å². The molecule has 9 heavy (non-hydrogen) atoms. The second-order valence-electron chi connectivity index (χ2n) is 2.54. The van der Waals surface area contributed by atoms with Crippen molar-refractivity contribution in [3.63, 3.8) is 0 Å². The van der Waals surface area contributed by atoms with E-state index in [9.17, 15) is 0 Å². The van der Waals surface area contributed by atoms with Crippen LogP contribution in [-0.2, 0) is 0 Å². The Morgan fingerprint density at radius 1 is 1.56 bits per heavy atom. The van der Waals surface area contributed by atoms with Crippen molar-refractivity contribution in [3.8, 4) is 0 Å². The molecular weight excluding hydrogens is 114 g/mol. The summed E-state index contributed by atoms with van der Waals surface area (Å²) in [7, 11) is 0. The Bertz CT molecular complexity index is 103. The third kappa shape index (κ3) is 1.80. The largest absolute Gasteiger partial charge is 0.392 e. The fourth-order valence-electron chi connectivity index (χ4n) is 1.13. The summed E-state index contributed by atoms with van der Waals surface area (Å²) < 4.78 is 0. The summed E-state index contributed by atoms with van der Waals surface area (Å²) in [5.41, 5.74) is 0. The van der Waals surface area contributed by atoms with Crippen LogP contribution in [0.1, 0.15) is 6.42 Å². The van der Waals surface area contributed by atoms with Crippen LogP contribution in [-0.4, -0.2) is 24.3 Å². The molecule has 1 aliphatic rings. The summed E-state index contributed by atoms with van der Waals surface area (Å²) in [6.07, 6.45) is 2.60. The third-order valence-corrected chi connectivity index (χ3v) is 1.69. The van der Waals surface area contributed by atoms with E-state index in [-0.39, 0.29) is 6.10 Å². The first-order valence-corrected chi connectivity index (χ1v) is 3.34. The lowest BCUT2D eigenvalue weighted by atomic mass is 9.98. The zero-order valence-corrected chi connectivity index (χ0v) is 5.51. The molecule has 0 saturated carbocycles. The van der Waals surface area contributed by atoms with E-state index in [0.29, 0.717) is 5.92 Å². The molecule has 0 amide bonds. The first kappa shape index (κ1) is 6.78. The van der Waals surface area contributed by atoms with E-state index in [1.54, 1.807) is 0 Å². The van der Waals surface area contributed by atoms with Crippen LogP contribution in [0.3, 0.4) is 0 Å². The molecule has 2 nitrogen and oxygen atoms in total. The van der Waals surface area contributed by atoms with E-state index < -0.39 is 0 Å². The number of aliphatic hydroxyl groups is 1. The standard InChI is InChI=1S/C7H13NO/c1-2-6-3-7(9)5-8-4-6/h2,6-9H,1,3-5H2/t6-,7+/m0/s1. The first-order chi connectivity index (χ1) is 4.33. The monoisotopic (exact) mass is 127 g/mol. The van der Waals surface area contributed by atoms with E-state index in [2.05, 4.69) is 11.9 Å². The Morgan fingerprint density at radius 2 is 2.33 bits per heavy atom. The van der Waals surface area contributed by atoms with Crippen LogP contribution in [0.25, 0.3) is 0 Å². The molecule has 2 atom stereocenters. The van der Waals surface area contributed by atoms with Crippen LogP contribution in [0.15, 0.2) is 12.7 Å². The lowest BCUT2D eigenvalue weighted by molar-refractivity contribution is 0.126. The maximum Gasteiger partial charge on any atom is 0.0670 e. The Labute approximate surface area is 55.6 Å². The van der Waals surface area contributed by atoms with E-state index in [1.165, 1.54) is 0 Å². The maximum atomic E-state index is 9.10. The van der Waals surface area contributed by atoms with Gasteiger partial charge in [0.25, 0.3) is 0 Å². The molecule has 0 aromatic rings. The van der Waals surface area contributed by atoms with E-state index >= 15 is 0 Å². The van der Waals surface area contributed by atoms with Gasteiger partial charge in [0.15, 0.2) is 0 Å². The van der Waals surface area contributed by atoms with Crippen LogP contribution >= 0.6 is 0 Å². The van der Waals surface area contributed by atoms with Crippen molar-refractivity contribution in [2.24, 2.45) is 5.92 Å². The van der Waals surface area contributed by atoms with Gasteiger partial charge < -0.3 is 10.4 Å². The number of rotatable bonds is 1. The van der Waals surface area contributed by atoms with Crippen LogP contribution in [0, 0.1) is 5.92 Å². The summed E-state index contributed by atoms with van der Waals surface area (Å²) in [6, 6.07) is 0. The van der Waals surface area contributed by atoms with Gasteiger partial charge in [-0.05, 0) is 12.3 Å². The second-order valence-corrected chi connectivity index (χ2v) is 2.54. The molecule has 0 bridgehead atoms. The van der Waals surface area contributed by atoms with Gasteiger partial charge in [-0.2, -0.15) is 0 Å². The minimum Gasteiger partial charge on any atom is -0.392 e. The van der Waals surface area contributed by atoms with Gasteiger partial charge in [-0.15, -0.1) is 6.58 Å². The zero-order valence-electron chi connectivity index (χ0n) is 5.51. The van der Waals surface area contributed by atoms with Gasteiger partial charge in [0.05, 0.1) is 6.10 Å². The van der Waals surface area contributed by atoms with Gasteiger partial charge in [0.1, 0.15) is 0 Å². The fraction of sp³-hybridized carbons (Fsp3) is 0.714. The third-order valence-electron chi connectivity index (χ3n) is 1.69. The van der Waals surface area contributed by atoms with E-state index in [0.717, 1.165) is 19.5 Å². The highest BCUT2D eigenvalue weighted by molar-refractivity contribution is 4.86. The highest BCUT2D eigenvalue weighted by Gasteiger charge is 2.15. The fourth-order valence-corrected chi connectivity index (χ4v) is 1.13. The van der Waals surface area contributed by atoms with E-state index in [4.69, 9.17) is 5.11 Å². The van der Waals surface area contributed by atoms with Crippen molar-refractivity contribution in [1.82, 2.24) is 5.32 Å². The van der Waals surface area contributed by atoms with Gasteiger partial charge in [-0.1, -0.05) is 6.08 Å². The van der Waals surface area contributed by atoms with Crippen molar-refractivity contribution in [2.75, 3.05) is 13.1 Å². The maximum absolute atomic E-state index is 9.10. The molecular formula is C7H13NO. The molecule has 1 aliphatic heterocycles. The van der Waals surface area contributed by atoms with Crippen LogP contribution in [0.2, 0.25) is 0 Å². The van der Waals surface area contributed by atoms with Crippen LogP contribution in [0.4, 0.5) is 0 Å². The van der Waals surface area contributed by atoms with Crippen molar-refractivity contribution < 1.29 is 5.11 Å². The minimum absolute atomic E-state index is 0.165. The Morgan fingerprint density at radius 3 is 2.78 bits per heavy atom. The van der Waals surface area contributed by atoms with Crippen molar-refractivity contribution in [2.45, 2.75) is 12.5 Å². The molecule has 2 heteroatoms. The Balaban J connectivity index is 2.31. The van der Waals surface area contributed by atoms with Crippen molar-refractivity contribution in [1.29, 1.82) is 0 Å². The smallest absolute Gasteiger partial charge is 0.0670 e. The first-order valence-electron chi connectivity index (χ1n) is 3.34. The number of aliphatic hydroxyl groups excluding tert-OH is 1. The van der Waals surface area contributed by atoms with Gasteiger partial charge in [0.2, 0.25) is 0 Å². The molecule has 1 rings (SSSR count). The lowest BCUT2D eigenvalue weighted by Gasteiger charge is -2.23. The average molecular weight is 127 g/mol. The number of nitrogens with one attached hydrogen (secondary N) is 1. The molecule has 1 fully saturated rings. The average Bonchev–Trinajstić information content (AvgIpc) is 1.88. The summed E-state index contributed by atoms with van der Waals surface area (Å²) in [4.78, 5) is 0. The molecule has 52 valence electrons. The molecule has 0 spiro atoms. The van der Waals surface area contributed by atoms with Gasteiger partial charge >= 0.3 is 0 Å². The van der Waals surface area contributed by atoms with E-state index in [1.807, 2.05) is 6.08 Å². The topological polar surface area (TPSA) is 32.3 Å². The zero-order chi connectivity index (χ0) is 6.69. The predicted molar refractivity (Wildman–Crippen MR) is 37.2 cm³/mol. The Hall–Kier alpha value is -0.340. The molecule has 1 heterocycles. The second kappa shape index (κ2) is 2.99. The summed E-state index contributed by atoms with van der Waals surface area (Å²) >= 11 is 0. The quantitative estimate of drug-likeness (QED) is 0.491. The van der Waals surface area contributed by atoms with Crippen LogP contribution < -0.4 is 5.32 Å². The van der Waals surface area contributed by atoms with Crippen LogP contribution in [0.5, 0.6) is 0 Å². The molecule has 0 unspecified atom stereocenters. The van der Waals surface area contributed by atoms with Crippen molar-refractivity contribution >= 4 is 0 Å². The number of β-amino-alcohol motifs (C(OH)–C–C–N with tert-alkyl or cyclic N) is 1. The predicted octanol–water partition coefficient (Wildman–Crippen LogP) is 0.143. The van der Waals surface area contributed by atoms with Gasteiger partial charge in [0, 0.05) is 13.1 Å². The minimum atomic E-state index is -0.165. The molecule has 0 radical (unpaired) electrons. The summed E-state index contributed by atoms with van der Waals surface area (Å²) in [5.74, 6) is 0.466. The summed E-state index contributed by atoms with van der Waals surface area (Å²) in [5, 5.41) is 12.2. The number of hydrogen-bond acceptors (Lipinski definition) is 2. The lowest BCUT2D eigenvalue weighted by Crippen LogP contribution is -2.38. The van der Waals surface area contributed by atoms with Crippen molar-refractivity contribution in [3.05, 3.63) is 12.7 Å². The number of hydrogen-bond donors (Lipinski definition) is 2.